The van der Waals surface area contributed by atoms with Gasteiger partial charge in [0, 0.05) is 22.5 Å². The fourth-order valence-corrected chi connectivity index (χ4v) is 4.34. The largest absolute Gasteiger partial charge is 0.489 e. The number of carbonyl (C=O) groups is 1. The zero-order valence-electron chi connectivity index (χ0n) is 17.4. The van der Waals surface area contributed by atoms with Crippen LogP contribution in [0.3, 0.4) is 0 Å². The van der Waals surface area contributed by atoms with E-state index in [4.69, 9.17) is 25.8 Å². The molecule has 8 heteroatoms. The van der Waals surface area contributed by atoms with E-state index in [-0.39, 0.29) is 12.7 Å². The fourth-order valence-electron chi connectivity index (χ4n) is 3.32. The molecule has 0 atom stereocenters. The molecule has 4 aromatic rings. The van der Waals surface area contributed by atoms with E-state index in [2.05, 4.69) is 10.3 Å². The lowest BCUT2D eigenvalue weighted by Gasteiger charge is -2.07. The van der Waals surface area contributed by atoms with Crippen molar-refractivity contribution in [3.8, 4) is 27.8 Å². The molecule has 1 aliphatic rings. The molecule has 2 heterocycles. The van der Waals surface area contributed by atoms with Gasteiger partial charge in [-0.2, -0.15) is 0 Å². The van der Waals surface area contributed by atoms with Gasteiger partial charge in [0.25, 0.3) is 5.91 Å². The number of nitrogens with zero attached hydrogens (tertiary/aromatic N) is 1. The van der Waals surface area contributed by atoms with E-state index in [1.54, 1.807) is 5.38 Å². The number of hydrogen-bond acceptors (Lipinski definition) is 6. The standard InChI is InChI=1S/C25H19ClN2O4S/c26-19-3-1-2-17(10-19)13-30-20-7-5-18(6-8-20)25-28-21(14-33-25)24(29)27-12-16-4-9-22-23(11-16)32-15-31-22/h1-11,14H,12-13,15H2,(H,27,29). The first-order chi connectivity index (χ1) is 16.1. The van der Waals surface area contributed by atoms with Gasteiger partial charge in [0.1, 0.15) is 23.1 Å². The van der Waals surface area contributed by atoms with Gasteiger partial charge in [-0.25, -0.2) is 4.98 Å². The predicted octanol–water partition coefficient (Wildman–Crippen LogP) is 5.70. The maximum atomic E-state index is 12.5. The van der Waals surface area contributed by atoms with Crippen LogP contribution in [-0.4, -0.2) is 17.7 Å². The number of amides is 1. The number of rotatable bonds is 7. The molecule has 0 spiro atoms. The van der Waals surface area contributed by atoms with Crippen molar-refractivity contribution in [2.75, 3.05) is 6.79 Å². The maximum Gasteiger partial charge on any atom is 0.271 e. The summed E-state index contributed by atoms with van der Waals surface area (Å²) in [6.07, 6.45) is 0. The number of thiazole rings is 1. The normalized spacial score (nSPS) is 11.9. The molecule has 0 bridgehead atoms. The van der Waals surface area contributed by atoms with Crippen LogP contribution < -0.4 is 19.5 Å². The van der Waals surface area contributed by atoms with E-state index in [0.29, 0.717) is 29.6 Å². The molecular formula is C25H19ClN2O4S. The summed E-state index contributed by atoms with van der Waals surface area (Å²) >= 11 is 7.43. The molecule has 1 aliphatic heterocycles. The van der Waals surface area contributed by atoms with E-state index in [1.807, 2.05) is 66.7 Å². The Bertz CT molecular complexity index is 1290. The molecule has 1 N–H and O–H groups in total. The number of halogens is 1. The van der Waals surface area contributed by atoms with Crippen molar-refractivity contribution < 1.29 is 19.0 Å². The molecule has 1 amide bonds. The van der Waals surface area contributed by atoms with Crippen LogP contribution in [-0.2, 0) is 13.2 Å². The van der Waals surface area contributed by atoms with Crippen molar-refractivity contribution in [2.45, 2.75) is 13.2 Å². The van der Waals surface area contributed by atoms with Crippen LogP contribution in [0, 0.1) is 0 Å². The highest BCUT2D eigenvalue weighted by Gasteiger charge is 2.15. The number of carbonyl (C=O) groups excluding carboxylic acids is 1. The Morgan fingerprint density at radius 3 is 2.73 bits per heavy atom. The first kappa shape index (κ1) is 21.3. The first-order valence-corrected chi connectivity index (χ1v) is 11.5. The average molecular weight is 479 g/mol. The van der Waals surface area contributed by atoms with Crippen LogP contribution >= 0.6 is 22.9 Å². The molecule has 166 valence electrons. The number of fused-ring (bicyclic) bond motifs is 1. The molecule has 0 unspecified atom stereocenters. The SMILES string of the molecule is O=C(NCc1ccc2c(c1)OCO2)c1csc(-c2ccc(OCc3cccc(Cl)c3)cc2)n1. The number of aromatic nitrogens is 1. The van der Waals surface area contributed by atoms with Crippen molar-refractivity contribution in [2.24, 2.45) is 0 Å². The third-order valence-corrected chi connectivity index (χ3v) is 6.15. The van der Waals surface area contributed by atoms with Crippen LogP contribution in [0.15, 0.2) is 72.1 Å². The highest BCUT2D eigenvalue weighted by Crippen LogP contribution is 2.32. The average Bonchev–Trinajstić information content (AvgIpc) is 3.51. The molecule has 5 rings (SSSR count). The summed E-state index contributed by atoms with van der Waals surface area (Å²) in [5.74, 6) is 1.93. The zero-order chi connectivity index (χ0) is 22.6. The van der Waals surface area contributed by atoms with Crippen LogP contribution in [0.1, 0.15) is 21.6 Å². The smallest absolute Gasteiger partial charge is 0.271 e. The quantitative estimate of drug-likeness (QED) is 0.369. The van der Waals surface area contributed by atoms with Gasteiger partial charge in [-0.15, -0.1) is 11.3 Å². The first-order valence-electron chi connectivity index (χ1n) is 10.2. The molecule has 6 nitrogen and oxygen atoms in total. The Hall–Kier alpha value is -3.55. The summed E-state index contributed by atoms with van der Waals surface area (Å²) in [6.45, 7) is 1.04. The van der Waals surface area contributed by atoms with Crippen LogP contribution in [0.25, 0.3) is 10.6 Å². The second kappa shape index (κ2) is 9.52. The second-order valence-electron chi connectivity index (χ2n) is 7.35. The Labute approximate surface area is 199 Å². The highest BCUT2D eigenvalue weighted by atomic mass is 35.5. The van der Waals surface area contributed by atoms with Crippen molar-refractivity contribution in [1.82, 2.24) is 10.3 Å². The second-order valence-corrected chi connectivity index (χ2v) is 8.65. The minimum Gasteiger partial charge on any atom is -0.489 e. The lowest BCUT2D eigenvalue weighted by atomic mass is 10.2. The third-order valence-electron chi connectivity index (χ3n) is 5.02. The predicted molar refractivity (Wildman–Crippen MR) is 127 cm³/mol. The lowest BCUT2D eigenvalue weighted by molar-refractivity contribution is 0.0946. The van der Waals surface area contributed by atoms with E-state index in [1.165, 1.54) is 11.3 Å². The minimum absolute atomic E-state index is 0.224. The van der Waals surface area contributed by atoms with E-state index >= 15 is 0 Å². The number of hydrogen-bond donors (Lipinski definition) is 1. The van der Waals surface area contributed by atoms with Gasteiger partial charge in [-0.3, -0.25) is 4.79 Å². The van der Waals surface area contributed by atoms with E-state index < -0.39 is 0 Å². The molecule has 0 radical (unpaired) electrons. The lowest BCUT2D eigenvalue weighted by Crippen LogP contribution is -2.23. The molecule has 0 fully saturated rings. The van der Waals surface area contributed by atoms with Gasteiger partial charge in [0.2, 0.25) is 6.79 Å². The summed E-state index contributed by atoms with van der Waals surface area (Å²) in [6, 6.07) is 20.8. The number of benzene rings is 3. The summed E-state index contributed by atoms with van der Waals surface area (Å²) < 4.78 is 16.5. The maximum absolute atomic E-state index is 12.5. The van der Waals surface area contributed by atoms with Gasteiger partial charge in [0.05, 0.1) is 0 Å². The molecular weight excluding hydrogens is 460 g/mol. The molecule has 0 saturated heterocycles. The van der Waals surface area contributed by atoms with Gasteiger partial charge in [-0.05, 0) is 59.7 Å². The summed E-state index contributed by atoms with van der Waals surface area (Å²) in [7, 11) is 0. The number of nitrogens with one attached hydrogen (secondary N) is 1. The Morgan fingerprint density at radius 1 is 1.03 bits per heavy atom. The Morgan fingerprint density at radius 2 is 1.88 bits per heavy atom. The molecule has 33 heavy (non-hydrogen) atoms. The third kappa shape index (κ3) is 5.10. The molecule has 0 saturated carbocycles. The van der Waals surface area contributed by atoms with Crippen LogP contribution in [0.4, 0.5) is 0 Å². The minimum atomic E-state index is -0.225. The van der Waals surface area contributed by atoms with Crippen LogP contribution in [0.5, 0.6) is 17.2 Å². The van der Waals surface area contributed by atoms with Gasteiger partial charge in [-0.1, -0.05) is 29.8 Å². The fraction of sp³-hybridized carbons (Fsp3) is 0.120. The van der Waals surface area contributed by atoms with E-state index in [9.17, 15) is 4.79 Å². The summed E-state index contributed by atoms with van der Waals surface area (Å²) in [4.78, 5) is 17.0. The van der Waals surface area contributed by atoms with Crippen LogP contribution in [0.2, 0.25) is 5.02 Å². The highest BCUT2D eigenvalue weighted by molar-refractivity contribution is 7.13. The monoisotopic (exact) mass is 478 g/mol. The van der Waals surface area contributed by atoms with Crippen molar-refractivity contribution in [3.05, 3.63) is 94.0 Å². The summed E-state index contributed by atoms with van der Waals surface area (Å²) in [5, 5.41) is 6.11. The van der Waals surface area contributed by atoms with Gasteiger partial charge in [0.15, 0.2) is 11.5 Å². The topological polar surface area (TPSA) is 69.7 Å². The Balaban J connectivity index is 1.18. The van der Waals surface area contributed by atoms with Crippen molar-refractivity contribution in [1.29, 1.82) is 0 Å². The summed E-state index contributed by atoms with van der Waals surface area (Å²) in [5.41, 5.74) is 3.24. The van der Waals surface area contributed by atoms with Gasteiger partial charge >= 0.3 is 0 Å². The zero-order valence-corrected chi connectivity index (χ0v) is 19.0. The number of ether oxygens (including phenoxy) is 3. The van der Waals surface area contributed by atoms with Crippen molar-refractivity contribution >= 4 is 28.8 Å². The molecule has 3 aromatic carbocycles. The van der Waals surface area contributed by atoms with E-state index in [0.717, 1.165) is 33.2 Å². The molecule has 1 aromatic heterocycles. The van der Waals surface area contributed by atoms with Crippen molar-refractivity contribution in [3.63, 3.8) is 0 Å². The molecule has 0 aliphatic carbocycles. The Kier molecular flexibility index (Phi) is 6.15. The van der Waals surface area contributed by atoms with Gasteiger partial charge < -0.3 is 19.5 Å².